The number of carbonyl (C=O) groups is 1. The van der Waals surface area contributed by atoms with E-state index in [2.05, 4.69) is 28.2 Å². The Morgan fingerprint density at radius 2 is 1.86 bits per heavy atom. The van der Waals surface area contributed by atoms with Crippen LogP contribution in [0.5, 0.6) is 5.75 Å². The number of unbranched alkanes of at least 4 members (excludes halogenated alkanes) is 3. The second-order valence-corrected chi connectivity index (χ2v) is 7.63. The highest BCUT2D eigenvalue weighted by Crippen LogP contribution is 2.26. The van der Waals surface area contributed by atoms with Crippen molar-refractivity contribution in [3.8, 4) is 5.75 Å². The summed E-state index contributed by atoms with van der Waals surface area (Å²) in [7, 11) is 0. The van der Waals surface area contributed by atoms with Gasteiger partial charge in [0.05, 0.1) is 11.1 Å². The third kappa shape index (κ3) is 6.60. The fraction of sp³-hybridized carbons (Fsp3) is 0.364. The highest BCUT2D eigenvalue weighted by molar-refractivity contribution is 9.10. The molecule has 0 saturated carbocycles. The van der Waals surface area contributed by atoms with Gasteiger partial charge >= 0.3 is 0 Å². The zero-order valence-corrected chi connectivity index (χ0v) is 18.8. The van der Waals surface area contributed by atoms with Gasteiger partial charge in [-0.3, -0.25) is 10.1 Å². The second kappa shape index (κ2) is 11.8. The first-order chi connectivity index (χ1) is 13.6. The molecule has 150 valence electrons. The standard InChI is InChI=1S/C22H27BrN2O2S/c1-3-5-6-10-15-27-20-14-13-17(16-19(20)23)21(26)24-22(28)25(4-2)18-11-8-7-9-12-18/h7-9,11-14,16H,3-6,10,15H2,1-2H3,(H,24,26,28). The van der Waals surface area contributed by atoms with Crippen molar-refractivity contribution in [2.75, 3.05) is 18.1 Å². The topological polar surface area (TPSA) is 41.6 Å². The highest BCUT2D eigenvalue weighted by atomic mass is 79.9. The fourth-order valence-corrected chi connectivity index (χ4v) is 3.58. The SMILES string of the molecule is CCCCCCOc1ccc(C(=O)NC(=S)N(CC)c2ccccc2)cc1Br. The Balaban J connectivity index is 1.96. The minimum atomic E-state index is -0.241. The molecule has 0 radical (unpaired) electrons. The number of thiocarbonyl (C=S) groups is 1. The molecule has 0 aliphatic heterocycles. The first-order valence-electron chi connectivity index (χ1n) is 9.67. The molecule has 0 fully saturated rings. The predicted molar refractivity (Wildman–Crippen MR) is 123 cm³/mol. The Bertz CT molecular complexity index is 783. The van der Waals surface area contributed by atoms with Gasteiger partial charge in [-0.25, -0.2) is 0 Å². The summed E-state index contributed by atoms with van der Waals surface area (Å²) in [6, 6.07) is 15.1. The fourth-order valence-electron chi connectivity index (χ4n) is 2.76. The number of rotatable bonds is 9. The number of halogens is 1. The molecular formula is C22H27BrN2O2S. The quantitative estimate of drug-likeness (QED) is 0.369. The minimum Gasteiger partial charge on any atom is -0.492 e. The number of ether oxygens (including phenoxy) is 1. The second-order valence-electron chi connectivity index (χ2n) is 6.39. The van der Waals surface area contributed by atoms with Gasteiger partial charge in [0.2, 0.25) is 0 Å². The van der Waals surface area contributed by atoms with Gasteiger partial charge in [-0.1, -0.05) is 44.4 Å². The van der Waals surface area contributed by atoms with E-state index in [4.69, 9.17) is 17.0 Å². The molecule has 0 unspecified atom stereocenters. The van der Waals surface area contributed by atoms with Crippen LogP contribution >= 0.6 is 28.1 Å². The molecular weight excluding hydrogens is 436 g/mol. The van der Waals surface area contributed by atoms with Crippen LogP contribution in [0.2, 0.25) is 0 Å². The third-order valence-electron chi connectivity index (χ3n) is 4.30. The van der Waals surface area contributed by atoms with E-state index in [1.165, 1.54) is 19.3 Å². The smallest absolute Gasteiger partial charge is 0.257 e. The van der Waals surface area contributed by atoms with E-state index in [0.29, 0.717) is 23.8 Å². The lowest BCUT2D eigenvalue weighted by Crippen LogP contribution is -2.42. The molecule has 0 saturated heterocycles. The summed E-state index contributed by atoms with van der Waals surface area (Å²) in [4.78, 5) is 14.5. The number of nitrogens with one attached hydrogen (secondary N) is 1. The molecule has 0 aliphatic rings. The first-order valence-corrected chi connectivity index (χ1v) is 10.9. The summed E-state index contributed by atoms with van der Waals surface area (Å²) in [5.74, 6) is 0.504. The molecule has 0 heterocycles. The minimum absolute atomic E-state index is 0.241. The Hall–Kier alpha value is -1.92. The summed E-state index contributed by atoms with van der Waals surface area (Å²) in [5.41, 5.74) is 1.47. The predicted octanol–water partition coefficient (Wildman–Crippen LogP) is 5.95. The maximum absolute atomic E-state index is 12.6. The molecule has 2 aromatic carbocycles. The molecule has 0 spiro atoms. The summed E-state index contributed by atoms with van der Waals surface area (Å²) < 4.78 is 6.56. The molecule has 2 rings (SSSR count). The molecule has 0 bridgehead atoms. The van der Waals surface area contributed by atoms with Crippen molar-refractivity contribution in [2.45, 2.75) is 39.5 Å². The number of nitrogens with zero attached hydrogens (tertiary/aromatic N) is 1. The van der Waals surface area contributed by atoms with Crippen LogP contribution in [0.3, 0.4) is 0 Å². The van der Waals surface area contributed by atoms with Gasteiger partial charge in [0, 0.05) is 17.8 Å². The molecule has 1 N–H and O–H groups in total. The van der Waals surface area contributed by atoms with Crippen LogP contribution in [0, 0.1) is 0 Å². The third-order valence-corrected chi connectivity index (χ3v) is 5.24. The van der Waals surface area contributed by atoms with Gasteiger partial charge in [-0.05, 0) is 71.8 Å². The van der Waals surface area contributed by atoms with E-state index in [1.54, 1.807) is 12.1 Å². The van der Waals surface area contributed by atoms with E-state index in [1.807, 2.05) is 48.2 Å². The molecule has 4 nitrogen and oxygen atoms in total. The van der Waals surface area contributed by atoms with Crippen LogP contribution < -0.4 is 15.0 Å². The van der Waals surface area contributed by atoms with Crippen LogP contribution in [0.15, 0.2) is 53.0 Å². The van der Waals surface area contributed by atoms with Gasteiger partial charge in [0.1, 0.15) is 5.75 Å². The monoisotopic (exact) mass is 462 g/mol. The van der Waals surface area contributed by atoms with Crippen LogP contribution in [0.1, 0.15) is 49.9 Å². The van der Waals surface area contributed by atoms with Gasteiger partial charge in [0.15, 0.2) is 5.11 Å². The van der Waals surface area contributed by atoms with E-state index >= 15 is 0 Å². The van der Waals surface area contributed by atoms with Gasteiger partial charge in [-0.2, -0.15) is 0 Å². The van der Waals surface area contributed by atoms with Crippen molar-refractivity contribution in [1.29, 1.82) is 0 Å². The summed E-state index contributed by atoms with van der Waals surface area (Å²) in [6.45, 7) is 5.52. The van der Waals surface area contributed by atoms with Gasteiger partial charge < -0.3 is 9.64 Å². The van der Waals surface area contributed by atoms with Crippen LogP contribution in [0.4, 0.5) is 5.69 Å². The summed E-state index contributed by atoms with van der Waals surface area (Å²) in [6.07, 6.45) is 4.63. The van der Waals surface area contributed by atoms with Crippen molar-refractivity contribution < 1.29 is 9.53 Å². The Labute approximate surface area is 181 Å². The van der Waals surface area contributed by atoms with E-state index in [0.717, 1.165) is 22.3 Å². The number of amides is 1. The van der Waals surface area contributed by atoms with Crippen molar-refractivity contribution in [2.24, 2.45) is 0 Å². The molecule has 6 heteroatoms. The Kier molecular flexibility index (Phi) is 9.44. The lowest BCUT2D eigenvalue weighted by molar-refractivity contribution is 0.0977. The van der Waals surface area contributed by atoms with Crippen LogP contribution in [-0.4, -0.2) is 24.2 Å². The van der Waals surface area contributed by atoms with Crippen molar-refractivity contribution in [1.82, 2.24) is 5.32 Å². The normalized spacial score (nSPS) is 10.4. The molecule has 0 aliphatic carbocycles. The lowest BCUT2D eigenvalue weighted by Gasteiger charge is -2.23. The molecule has 0 atom stereocenters. The van der Waals surface area contributed by atoms with Crippen molar-refractivity contribution in [3.63, 3.8) is 0 Å². The average Bonchev–Trinajstić information content (AvgIpc) is 2.70. The highest BCUT2D eigenvalue weighted by Gasteiger charge is 2.15. The molecule has 28 heavy (non-hydrogen) atoms. The van der Waals surface area contributed by atoms with Gasteiger partial charge in [0.25, 0.3) is 5.91 Å². The molecule has 2 aromatic rings. The van der Waals surface area contributed by atoms with Gasteiger partial charge in [-0.15, -0.1) is 0 Å². The van der Waals surface area contributed by atoms with Crippen molar-refractivity contribution >= 4 is 44.9 Å². The molecule has 1 amide bonds. The zero-order chi connectivity index (χ0) is 20.4. The number of carbonyl (C=O) groups excluding carboxylic acids is 1. The van der Waals surface area contributed by atoms with E-state index < -0.39 is 0 Å². The number of anilines is 1. The summed E-state index contributed by atoms with van der Waals surface area (Å²) >= 11 is 8.94. The van der Waals surface area contributed by atoms with Crippen molar-refractivity contribution in [3.05, 3.63) is 58.6 Å². The summed E-state index contributed by atoms with van der Waals surface area (Å²) in [5, 5.41) is 3.20. The maximum Gasteiger partial charge on any atom is 0.257 e. The number of benzene rings is 2. The van der Waals surface area contributed by atoms with Crippen LogP contribution in [0.25, 0.3) is 0 Å². The number of hydrogen-bond donors (Lipinski definition) is 1. The Morgan fingerprint density at radius 3 is 2.50 bits per heavy atom. The lowest BCUT2D eigenvalue weighted by atomic mass is 10.2. The average molecular weight is 463 g/mol. The first kappa shape index (κ1) is 22.4. The van der Waals surface area contributed by atoms with Crippen LogP contribution in [-0.2, 0) is 0 Å². The largest absolute Gasteiger partial charge is 0.492 e. The molecule has 0 aromatic heterocycles. The van der Waals surface area contributed by atoms with E-state index in [-0.39, 0.29) is 5.91 Å². The zero-order valence-electron chi connectivity index (χ0n) is 16.4. The van der Waals surface area contributed by atoms with E-state index in [9.17, 15) is 4.79 Å². The number of para-hydroxylation sites is 1. The number of hydrogen-bond acceptors (Lipinski definition) is 3. The maximum atomic E-state index is 12.6. The Morgan fingerprint density at radius 1 is 1.11 bits per heavy atom.